The van der Waals surface area contributed by atoms with E-state index in [1.54, 1.807) is 6.07 Å². The zero-order chi connectivity index (χ0) is 21.9. The number of carbonyl (C=O) groups excluding carboxylic acids is 2. The number of carbonyl (C=O) groups is 2. The van der Waals surface area contributed by atoms with Crippen LogP contribution in [0.15, 0.2) is 23.1 Å². The van der Waals surface area contributed by atoms with Gasteiger partial charge in [0.2, 0.25) is 15.9 Å². The second kappa shape index (κ2) is 8.93. The zero-order valence-electron chi connectivity index (χ0n) is 17.9. The summed E-state index contributed by atoms with van der Waals surface area (Å²) in [5, 5.41) is 2.91. The lowest BCUT2D eigenvalue weighted by Gasteiger charge is -2.31. The van der Waals surface area contributed by atoms with Crippen molar-refractivity contribution in [3.05, 3.63) is 18.2 Å². The van der Waals surface area contributed by atoms with Gasteiger partial charge in [-0.05, 0) is 45.2 Å². The van der Waals surface area contributed by atoms with Crippen LogP contribution in [0.5, 0.6) is 5.75 Å². The number of anilines is 1. The molecule has 0 saturated carbocycles. The van der Waals surface area contributed by atoms with E-state index in [1.165, 1.54) is 21.3 Å². The lowest BCUT2D eigenvalue weighted by atomic mass is 10.0. The van der Waals surface area contributed by atoms with Crippen molar-refractivity contribution >= 4 is 27.5 Å². The molecule has 2 aliphatic heterocycles. The van der Waals surface area contributed by atoms with Crippen molar-refractivity contribution < 1.29 is 22.7 Å². The van der Waals surface area contributed by atoms with Crippen LogP contribution in [-0.4, -0.2) is 56.3 Å². The first kappa shape index (κ1) is 22.6. The number of amides is 2. The van der Waals surface area contributed by atoms with E-state index < -0.39 is 10.0 Å². The molecular weight excluding hydrogens is 406 g/mol. The molecule has 2 aliphatic rings. The molecular formula is C21H31N3O5S. The van der Waals surface area contributed by atoms with Crippen LogP contribution < -0.4 is 15.0 Å². The molecule has 1 saturated heterocycles. The average Bonchev–Trinajstić information content (AvgIpc) is 2.99. The van der Waals surface area contributed by atoms with E-state index in [-0.39, 0.29) is 35.4 Å². The summed E-state index contributed by atoms with van der Waals surface area (Å²) in [6, 6.07) is 4.50. The van der Waals surface area contributed by atoms with E-state index in [1.807, 2.05) is 20.8 Å². The number of hydrogen-bond acceptors (Lipinski definition) is 5. The molecule has 3 rings (SSSR count). The van der Waals surface area contributed by atoms with Crippen molar-refractivity contribution in [1.29, 1.82) is 0 Å². The summed E-state index contributed by atoms with van der Waals surface area (Å²) in [5.74, 6) is -0.313. The fourth-order valence-corrected chi connectivity index (χ4v) is 5.13. The maximum atomic E-state index is 13.1. The number of nitrogens with zero attached hydrogens (tertiary/aromatic N) is 2. The molecule has 0 spiro atoms. The van der Waals surface area contributed by atoms with Crippen molar-refractivity contribution in [2.75, 3.05) is 31.1 Å². The third kappa shape index (κ3) is 4.95. The van der Waals surface area contributed by atoms with E-state index in [9.17, 15) is 18.0 Å². The number of sulfonamides is 1. The second-order valence-electron chi connectivity index (χ2n) is 8.50. The number of rotatable bonds is 6. The Morgan fingerprint density at radius 3 is 2.47 bits per heavy atom. The van der Waals surface area contributed by atoms with Crippen molar-refractivity contribution in [3.8, 4) is 5.75 Å². The monoisotopic (exact) mass is 437 g/mol. The molecule has 0 radical (unpaired) electrons. The fraction of sp³-hybridized carbons (Fsp3) is 0.619. The predicted molar refractivity (Wildman–Crippen MR) is 114 cm³/mol. The maximum absolute atomic E-state index is 13.1. The third-order valence-corrected chi connectivity index (χ3v) is 7.64. The number of hydrogen-bond donors (Lipinski definition) is 1. The van der Waals surface area contributed by atoms with Gasteiger partial charge in [-0.1, -0.05) is 19.8 Å². The summed E-state index contributed by atoms with van der Waals surface area (Å²) in [6.07, 6.45) is 4.53. The molecule has 0 unspecified atom stereocenters. The van der Waals surface area contributed by atoms with Crippen LogP contribution in [0.1, 0.15) is 52.9 Å². The van der Waals surface area contributed by atoms with Gasteiger partial charge in [0.05, 0.1) is 10.6 Å². The Morgan fingerprint density at radius 2 is 1.83 bits per heavy atom. The van der Waals surface area contributed by atoms with E-state index in [0.29, 0.717) is 24.5 Å². The second-order valence-corrected chi connectivity index (χ2v) is 10.4. The minimum absolute atomic E-state index is 0.142. The molecule has 166 valence electrons. The Kier molecular flexibility index (Phi) is 6.71. The third-order valence-electron chi connectivity index (χ3n) is 5.74. The van der Waals surface area contributed by atoms with E-state index in [0.717, 1.165) is 32.1 Å². The Morgan fingerprint density at radius 1 is 1.17 bits per heavy atom. The Hall–Kier alpha value is -2.13. The van der Waals surface area contributed by atoms with Crippen molar-refractivity contribution in [3.63, 3.8) is 0 Å². The molecule has 0 bridgehead atoms. The molecule has 2 amide bonds. The van der Waals surface area contributed by atoms with Crippen LogP contribution in [-0.2, 0) is 19.6 Å². The van der Waals surface area contributed by atoms with Gasteiger partial charge < -0.3 is 10.1 Å². The van der Waals surface area contributed by atoms with E-state index >= 15 is 0 Å². The minimum atomic E-state index is -3.63. The zero-order valence-corrected chi connectivity index (χ0v) is 18.8. The predicted octanol–water partition coefficient (Wildman–Crippen LogP) is 2.28. The normalized spacial score (nSPS) is 18.4. The van der Waals surface area contributed by atoms with Gasteiger partial charge in [0.1, 0.15) is 12.3 Å². The first-order chi connectivity index (χ1) is 14.1. The van der Waals surface area contributed by atoms with Gasteiger partial charge in [-0.25, -0.2) is 8.42 Å². The number of nitrogens with one attached hydrogen (secondary N) is 1. The molecule has 0 aromatic heterocycles. The van der Waals surface area contributed by atoms with Crippen LogP contribution in [0.25, 0.3) is 0 Å². The SMILES string of the molecule is CCC(C)(C)NC(=O)CN1C(=O)COc2cc(S(=O)(=O)N3CCCCCC3)ccc21. The smallest absolute Gasteiger partial charge is 0.265 e. The molecule has 9 heteroatoms. The number of benzene rings is 1. The summed E-state index contributed by atoms with van der Waals surface area (Å²) in [4.78, 5) is 26.3. The topological polar surface area (TPSA) is 96.0 Å². The minimum Gasteiger partial charge on any atom is -0.482 e. The molecule has 0 atom stereocenters. The molecule has 1 aromatic carbocycles. The van der Waals surface area contributed by atoms with E-state index in [4.69, 9.17) is 4.74 Å². The largest absolute Gasteiger partial charge is 0.482 e. The molecule has 1 N–H and O–H groups in total. The van der Waals surface area contributed by atoms with Gasteiger partial charge in [0.15, 0.2) is 6.61 Å². The molecule has 8 nitrogen and oxygen atoms in total. The molecule has 2 heterocycles. The summed E-state index contributed by atoms with van der Waals surface area (Å²) >= 11 is 0. The van der Waals surface area contributed by atoms with Gasteiger partial charge >= 0.3 is 0 Å². The number of fused-ring (bicyclic) bond motifs is 1. The maximum Gasteiger partial charge on any atom is 0.265 e. The fourth-order valence-electron chi connectivity index (χ4n) is 3.60. The van der Waals surface area contributed by atoms with Crippen LogP contribution in [0.4, 0.5) is 5.69 Å². The summed E-state index contributed by atoms with van der Waals surface area (Å²) in [7, 11) is -3.63. The van der Waals surface area contributed by atoms with Crippen LogP contribution in [0, 0.1) is 0 Å². The highest BCUT2D eigenvalue weighted by Crippen LogP contribution is 2.35. The van der Waals surface area contributed by atoms with Crippen LogP contribution in [0.3, 0.4) is 0 Å². The Balaban J connectivity index is 1.83. The summed E-state index contributed by atoms with van der Waals surface area (Å²) in [6.45, 7) is 6.46. The highest BCUT2D eigenvalue weighted by molar-refractivity contribution is 7.89. The summed E-state index contributed by atoms with van der Waals surface area (Å²) in [5.41, 5.74) is 0.0332. The van der Waals surface area contributed by atoms with Crippen LogP contribution >= 0.6 is 0 Å². The van der Waals surface area contributed by atoms with Gasteiger partial charge in [0, 0.05) is 24.7 Å². The molecule has 1 fully saturated rings. The summed E-state index contributed by atoms with van der Waals surface area (Å²) < 4.78 is 33.2. The molecule has 1 aromatic rings. The van der Waals surface area contributed by atoms with Gasteiger partial charge in [-0.2, -0.15) is 4.31 Å². The van der Waals surface area contributed by atoms with Crippen molar-refractivity contribution in [1.82, 2.24) is 9.62 Å². The molecule has 0 aliphatic carbocycles. The van der Waals surface area contributed by atoms with Gasteiger partial charge in [-0.15, -0.1) is 0 Å². The molecule has 30 heavy (non-hydrogen) atoms. The first-order valence-corrected chi connectivity index (χ1v) is 12.0. The quantitative estimate of drug-likeness (QED) is 0.737. The standard InChI is InChI=1S/C21H31N3O5S/c1-4-21(2,3)22-19(25)14-24-17-10-9-16(13-18(17)29-15-20(24)26)30(27,28)23-11-7-5-6-8-12-23/h9-10,13H,4-8,11-12,14-15H2,1-3H3,(H,22,25). The first-order valence-electron chi connectivity index (χ1n) is 10.5. The highest BCUT2D eigenvalue weighted by Gasteiger charge is 2.32. The Labute approximate surface area is 178 Å². The lowest BCUT2D eigenvalue weighted by Crippen LogP contribution is -2.50. The van der Waals surface area contributed by atoms with Crippen molar-refractivity contribution in [2.45, 2.75) is 63.3 Å². The lowest BCUT2D eigenvalue weighted by molar-refractivity contribution is -0.126. The van der Waals surface area contributed by atoms with Gasteiger partial charge in [0.25, 0.3) is 5.91 Å². The Bertz CT molecular complexity index is 905. The van der Waals surface area contributed by atoms with Crippen LogP contribution in [0.2, 0.25) is 0 Å². The average molecular weight is 438 g/mol. The highest BCUT2D eigenvalue weighted by atomic mass is 32.2. The van der Waals surface area contributed by atoms with Crippen molar-refractivity contribution in [2.24, 2.45) is 0 Å². The van der Waals surface area contributed by atoms with E-state index in [2.05, 4.69) is 5.32 Å². The number of ether oxygens (including phenoxy) is 1. The van der Waals surface area contributed by atoms with Gasteiger partial charge in [-0.3, -0.25) is 14.5 Å².